The maximum Gasteiger partial charge on any atom is 0.522 e. The minimum absolute atomic E-state index is 0.129. The van der Waals surface area contributed by atoms with Crippen LogP contribution >= 0.6 is 0 Å². The Bertz CT molecular complexity index is 312. The first kappa shape index (κ1) is 11.8. The molecule has 0 atom stereocenters. The zero-order valence-electron chi connectivity index (χ0n) is 8.27. The third-order valence-electron chi connectivity index (χ3n) is 1.83. The Morgan fingerprint density at radius 3 is 2.53 bits per heavy atom. The summed E-state index contributed by atoms with van der Waals surface area (Å²) in [5, 5.41) is 2.86. The van der Waals surface area contributed by atoms with Crippen molar-refractivity contribution < 1.29 is 17.9 Å². The van der Waals surface area contributed by atoms with Gasteiger partial charge in [-0.05, 0) is 18.6 Å². The van der Waals surface area contributed by atoms with Gasteiger partial charge in [-0.2, -0.15) is 0 Å². The van der Waals surface area contributed by atoms with Crippen molar-refractivity contribution in [3.8, 4) is 0 Å². The number of ether oxygens (including phenoxy) is 1. The number of benzene rings is 1. The number of aryl methyl sites for hydroxylation is 1. The molecule has 0 saturated carbocycles. The van der Waals surface area contributed by atoms with Crippen molar-refractivity contribution in [2.24, 2.45) is 0 Å². The number of nitrogens with one attached hydrogen (secondary N) is 1. The van der Waals surface area contributed by atoms with Gasteiger partial charge in [-0.1, -0.05) is 18.2 Å². The first-order valence-corrected chi connectivity index (χ1v) is 4.49. The molecular weight excluding hydrogens is 207 g/mol. The van der Waals surface area contributed by atoms with Crippen LogP contribution in [0.25, 0.3) is 0 Å². The fraction of sp³-hybridized carbons (Fsp3) is 0.400. The highest BCUT2D eigenvalue weighted by atomic mass is 19.4. The second-order valence-corrected chi connectivity index (χ2v) is 3.04. The van der Waals surface area contributed by atoms with Crippen LogP contribution in [0.4, 0.5) is 18.9 Å². The Hall–Kier alpha value is -1.23. The normalized spacial score (nSPS) is 11.5. The van der Waals surface area contributed by atoms with Crippen molar-refractivity contribution in [1.29, 1.82) is 0 Å². The topological polar surface area (TPSA) is 21.3 Å². The molecule has 0 aliphatic rings. The van der Waals surface area contributed by atoms with Crippen LogP contribution in [0.5, 0.6) is 0 Å². The quantitative estimate of drug-likeness (QED) is 0.786. The van der Waals surface area contributed by atoms with Crippen LogP contribution < -0.4 is 5.32 Å². The van der Waals surface area contributed by atoms with Crippen molar-refractivity contribution in [3.63, 3.8) is 0 Å². The van der Waals surface area contributed by atoms with Gasteiger partial charge < -0.3 is 5.32 Å². The van der Waals surface area contributed by atoms with Gasteiger partial charge in [-0.3, -0.25) is 4.74 Å². The molecule has 0 bridgehead atoms. The number of halogens is 3. The SMILES string of the molecule is Cc1ccccc1NCCOC(F)(F)F. The van der Waals surface area contributed by atoms with Gasteiger partial charge >= 0.3 is 6.36 Å². The Morgan fingerprint density at radius 1 is 1.27 bits per heavy atom. The second kappa shape index (κ2) is 5.02. The fourth-order valence-corrected chi connectivity index (χ4v) is 1.12. The number of hydrogen-bond acceptors (Lipinski definition) is 2. The lowest BCUT2D eigenvalue weighted by Crippen LogP contribution is -2.19. The van der Waals surface area contributed by atoms with E-state index in [-0.39, 0.29) is 6.54 Å². The van der Waals surface area contributed by atoms with E-state index < -0.39 is 13.0 Å². The Morgan fingerprint density at radius 2 is 1.93 bits per heavy atom. The van der Waals surface area contributed by atoms with E-state index in [1.54, 1.807) is 0 Å². The molecule has 1 N–H and O–H groups in total. The van der Waals surface area contributed by atoms with Gasteiger partial charge in [0, 0.05) is 12.2 Å². The summed E-state index contributed by atoms with van der Waals surface area (Å²) in [4.78, 5) is 0. The van der Waals surface area contributed by atoms with Gasteiger partial charge in [0.1, 0.15) is 0 Å². The number of alkyl halides is 3. The minimum atomic E-state index is -4.55. The first-order valence-electron chi connectivity index (χ1n) is 4.49. The molecule has 0 heterocycles. The van der Waals surface area contributed by atoms with Gasteiger partial charge in [-0.25, -0.2) is 0 Å². The number of hydrogen-bond donors (Lipinski definition) is 1. The summed E-state index contributed by atoms with van der Waals surface area (Å²) in [7, 11) is 0. The van der Waals surface area contributed by atoms with Crippen LogP contribution in [0.2, 0.25) is 0 Å². The van der Waals surface area contributed by atoms with Crippen LogP contribution in [0.15, 0.2) is 24.3 Å². The van der Waals surface area contributed by atoms with Crippen LogP contribution in [0.1, 0.15) is 5.56 Å². The van der Waals surface area contributed by atoms with E-state index in [1.165, 1.54) is 0 Å². The fourth-order valence-electron chi connectivity index (χ4n) is 1.12. The Balaban J connectivity index is 2.30. The average molecular weight is 219 g/mol. The summed E-state index contributed by atoms with van der Waals surface area (Å²) in [5.74, 6) is 0. The highest BCUT2D eigenvalue weighted by Crippen LogP contribution is 2.16. The standard InChI is InChI=1S/C10H12F3NO/c1-8-4-2-3-5-9(8)14-6-7-15-10(11,12)13/h2-5,14H,6-7H2,1H3. The van der Waals surface area contributed by atoms with Crippen LogP contribution in [0, 0.1) is 6.92 Å². The van der Waals surface area contributed by atoms with E-state index in [9.17, 15) is 13.2 Å². The second-order valence-electron chi connectivity index (χ2n) is 3.04. The number of rotatable bonds is 4. The molecule has 2 nitrogen and oxygen atoms in total. The Kier molecular flexibility index (Phi) is 3.96. The van der Waals surface area contributed by atoms with Gasteiger partial charge in [0.25, 0.3) is 0 Å². The Labute approximate surface area is 86.1 Å². The first-order chi connectivity index (χ1) is 6.99. The van der Waals surface area contributed by atoms with Crippen LogP contribution in [0.3, 0.4) is 0 Å². The summed E-state index contributed by atoms with van der Waals surface area (Å²) in [6, 6.07) is 7.38. The van der Waals surface area contributed by atoms with E-state index in [0.717, 1.165) is 11.3 Å². The molecule has 0 aliphatic carbocycles. The van der Waals surface area contributed by atoms with Gasteiger partial charge in [0.05, 0.1) is 6.61 Å². The van der Waals surface area contributed by atoms with Crippen molar-refractivity contribution in [2.75, 3.05) is 18.5 Å². The molecule has 0 radical (unpaired) electrons. The molecule has 0 saturated heterocycles. The average Bonchev–Trinajstić information content (AvgIpc) is 2.13. The predicted molar refractivity (Wildman–Crippen MR) is 51.7 cm³/mol. The van der Waals surface area contributed by atoms with Gasteiger partial charge in [0.2, 0.25) is 0 Å². The molecule has 1 aromatic rings. The maximum absolute atomic E-state index is 11.6. The highest BCUT2D eigenvalue weighted by molar-refractivity contribution is 5.50. The van der Waals surface area contributed by atoms with Gasteiger partial charge in [-0.15, -0.1) is 13.2 Å². The third-order valence-corrected chi connectivity index (χ3v) is 1.83. The van der Waals surface area contributed by atoms with E-state index in [0.29, 0.717) is 0 Å². The van der Waals surface area contributed by atoms with E-state index >= 15 is 0 Å². The lowest BCUT2D eigenvalue weighted by molar-refractivity contribution is -0.322. The lowest BCUT2D eigenvalue weighted by atomic mass is 10.2. The van der Waals surface area contributed by atoms with Crippen molar-refractivity contribution in [3.05, 3.63) is 29.8 Å². The van der Waals surface area contributed by atoms with E-state index in [1.807, 2.05) is 31.2 Å². The smallest absolute Gasteiger partial charge is 0.383 e. The van der Waals surface area contributed by atoms with E-state index in [4.69, 9.17) is 0 Å². The molecule has 0 amide bonds. The molecule has 1 rings (SSSR count). The molecule has 0 spiro atoms. The van der Waals surface area contributed by atoms with E-state index in [2.05, 4.69) is 10.1 Å². The van der Waals surface area contributed by atoms with Crippen LogP contribution in [-0.2, 0) is 4.74 Å². The molecule has 84 valence electrons. The number of anilines is 1. The monoisotopic (exact) mass is 219 g/mol. The van der Waals surface area contributed by atoms with Crippen LogP contribution in [-0.4, -0.2) is 19.5 Å². The third kappa shape index (κ3) is 4.69. The molecule has 1 aromatic carbocycles. The largest absolute Gasteiger partial charge is 0.522 e. The summed E-state index contributed by atoms with van der Waals surface area (Å²) in [5.41, 5.74) is 1.81. The van der Waals surface area contributed by atoms with Gasteiger partial charge in [0.15, 0.2) is 0 Å². The number of para-hydroxylation sites is 1. The summed E-state index contributed by atoms with van der Waals surface area (Å²) >= 11 is 0. The zero-order valence-corrected chi connectivity index (χ0v) is 8.27. The molecule has 0 aliphatic heterocycles. The minimum Gasteiger partial charge on any atom is -0.383 e. The summed E-state index contributed by atoms with van der Waals surface area (Å²) in [6.45, 7) is 1.62. The zero-order chi connectivity index (χ0) is 11.3. The molecule has 0 unspecified atom stereocenters. The molecule has 5 heteroatoms. The van der Waals surface area contributed by atoms with Crippen molar-refractivity contribution in [1.82, 2.24) is 0 Å². The highest BCUT2D eigenvalue weighted by Gasteiger charge is 2.28. The van der Waals surface area contributed by atoms with Crippen molar-refractivity contribution in [2.45, 2.75) is 13.3 Å². The predicted octanol–water partition coefficient (Wildman–Crippen LogP) is 2.94. The molecule has 0 aromatic heterocycles. The molecular formula is C10H12F3NO. The summed E-state index contributed by atoms with van der Waals surface area (Å²) < 4.78 is 38.5. The molecule has 15 heavy (non-hydrogen) atoms. The lowest BCUT2D eigenvalue weighted by Gasteiger charge is -2.10. The van der Waals surface area contributed by atoms with Crippen molar-refractivity contribution >= 4 is 5.69 Å². The maximum atomic E-state index is 11.6. The molecule has 0 fully saturated rings. The summed E-state index contributed by atoms with van der Waals surface area (Å²) in [6.07, 6.45) is -4.55.